The van der Waals surface area contributed by atoms with Crippen molar-refractivity contribution in [3.05, 3.63) is 64.4 Å². The number of fused-ring (bicyclic) bond motifs is 1. The molecule has 0 amide bonds. The molecular weight excluding hydrogens is 280 g/mol. The van der Waals surface area contributed by atoms with Crippen LogP contribution < -0.4 is 10.9 Å². The zero-order valence-electron chi connectivity index (χ0n) is 11.8. The number of H-pyrrole nitrogens is 1. The maximum absolute atomic E-state index is 11.7. The predicted octanol–water partition coefficient (Wildman–Crippen LogP) is 2.59. The number of phenolic OH excluding ortho intramolecular Hbond substituents is 2. The third-order valence-corrected chi connectivity index (χ3v) is 3.52. The van der Waals surface area contributed by atoms with Crippen molar-refractivity contribution in [2.45, 2.75) is 6.42 Å². The fourth-order valence-electron chi connectivity index (χ4n) is 2.42. The zero-order valence-corrected chi connectivity index (χ0v) is 11.8. The Kier molecular flexibility index (Phi) is 3.70. The summed E-state index contributed by atoms with van der Waals surface area (Å²) in [5.74, 6) is -0.253. The maximum Gasteiger partial charge on any atom is 0.250 e. The van der Waals surface area contributed by atoms with Crippen LogP contribution in [0.15, 0.2) is 53.3 Å². The molecule has 0 spiro atoms. The van der Waals surface area contributed by atoms with Crippen LogP contribution in [0.4, 0.5) is 5.69 Å². The monoisotopic (exact) mass is 296 g/mol. The Morgan fingerprint density at radius 2 is 1.82 bits per heavy atom. The summed E-state index contributed by atoms with van der Waals surface area (Å²) >= 11 is 0. The van der Waals surface area contributed by atoms with Crippen molar-refractivity contribution in [3.63, 3.8) is 0 Å². The smallest absolute Gasteiger partial charge is 0.250 e. The highest BCUT2D eigenvalue weighted by Gasteiger charge is 2.04. The summed E-state index contributed by atoms with van der Waals surface area (Å²) < 4.78 is 0. The molecule has 5 heteroatoms. The second kappa shape index (κ2) is 5.81. The molecule has 0 radical (unpaired) electrons. The molecule has 3 aromatic rings. The van der Waals surface area contributed by atoms with E-state index in [1.807, 2.05) is 24.3 Å². The molecule has 1 aromatic heterocycles. The molecule has 0 unspecified atom stereocenters. The Labute approximate surface area is 126 Å². The van der Waals surface area contributed by atoms with E-state index >= 15 is 0 Å². The number of nitrogens with one attached hydrogen (secondary N) is 2. The van der Waals surface area contributed by atoms with E-state index in [4.69, 9.17) is 0 Å². The number of hydrogen-bond acceptors (Lipinski definition) is 4. The number of aromatic nitrogens is 1. The highest BCUT2D eigenvalue weighted by atomic mass is 16.3. The molecule has 0 aliphatic heterocycles. The van der Waals surface area contributed by atoms with Gasteiger partial charge in [0.25, 0.3) is 0 Å². The van der Waals surface area contributed by atoms with Crippen molar-refractivity contribution in [3.8, 4) is 11.5 Å². The third kappa shape index (κ3) is 2.88. The highest BCUT2D eigenvalue weighted by Crippen LogP contribution is 2.25. The van der Waals surface area contributed by atoms with E-state index < -0.39 is 0 Å². The summed E-state index contributed by atoms with van der Waals surface area (Å²) in [7, 11) is 0. The number of para-hydroxylation sites is 1. The number of hydrogen-bond donors (Lipinski definition) is 4. The minimum atomic E-state index is -0.150. The average Bonchev–Trinajstić information content (AvgIpc) is 2.50. The van der Waals surface area contributed by atoms with E-state index in [1.165, 1.54) is 18.2 Å². The predicted molar refractivity (Wildman–Crippen MR) is 86.5 cm³/mol. The van der Waals surface area contributed by atoms with Gasteiger partial charge in [0.2, 0.25) is 5.56 Å². The van der Waals surface area contributed by atoms with Crippen LogP contribution in [0.1, 0.15) is 5.56 Å². The summed E-state index contributed by atoms with van der Waals surface area (Å²) in [4.78, 5) is 14.5. The van der Waals surface area contributed by atoms with Crippen LogP contribution in [0.25, 0.3) is 10.9 Å². The second-order valence-electron chi connectivity index (χ2n) is 5.09. The standard InChI is InChI=1S/C17H16N2O3/c20-15-6-5-11(9-16(15)21)7-8-18-14-10-17(22)19-13-4-2-1-3-12(13)14/h1-6,9-10,20-21H,7-8H2,(H2,18,19,22). The molecule has 2 aromatic carbocycles. The largest absolute Gasteiger partial charge is 0.504 e. The lowest BCUT2D eigenvalue weighted by Crippen LogP contribution is -2.10. The first-order valence-corrected chi connectivity index (χ1v) is 7.00. The van der Waals surface area contributed by atoms with Gasteiger partial charge in [-0.1, -0.05) is 24.3 Å². The Morgan fingerprint density at radius 3 is 2.64 bits per heavy atom. The Bertz CT molecular complexity index is 871. The van der Waals surface area contributed by atoms with Gasteiger partial charge in [0.15, 0.2) is 11.5 Å². The average molecular weight is 296 g/mol. The molecule has 0 bridgehead atoms. The van der Waals surface area contributed by atoms with Crippen molar-refractivity contribution in [1.82, 2.24) is 4.98 Å². The van der Waals surface area contributed by atoms with E-state index in [2.05, 4.69) is 10.3 Å². The van der Waals surface area contributed by atoms with Gasteiger partial charge in [-0.15, -0.1) is 0 Å². The Balaban J connectivity index is 1.76. The van der Waals surface area contributed by atoms with E-state index in [9.17, 15) is 15.0 Å². The van der Waals surface area contributed by atoms with Crippen LogP contribution in [-0.4, -0.2) is 21.7 Å². The molecule has 112 valence electrons. The van der Waals surface area contributed by atoms with Crippen LogP contribution in [0, 0.1) is 0 Å². The van der Waals surface area contributed by atoms with Crippen molar-refractivity contribution in [2.24, 2.45) is 0 Å². The molecule has 4 N–H and O–H groups in total. The summed E-state index contributed by atoms with van der Waals surface area (Å²) in [6, 6.07) is 13.9. The zero-order chi connectivity index (χ0) is 15.5. The van der Waals surface area contributed by atoms with Crippen LogP contribution >= 0.6 is 0 Å². The minimum absolute atomic E-state index is 0.126. The Morgan fingerprint density at radius 1 is 1.00 bits per heavy atom. The molecule has 0 atom stereocenters. The lowest BCUT2D eigenvalue weighted by molar-refractivity contribution is 0.403. The molecule has 0 aliphatic rings. The van der Waals surface area contributed by atoms with Gasteiger partial charge in [-0.25, -0.2) is 0 Å². The van der Waals surface area contributed by atoms with Gasteiger partial charge in [-0.05, 0) is 30.2 Å². The normalized spacial score (nSPS) is 10.7. The molecule has 0 fully saturated rings. The van der Waals surface area contributed by atoms with Gasteiger partial charge < -0.3 is 20.5 Å². The fraction of sp³-hybridized carbons (Fsp3) is 0.118. The van der Waals surface area contributed by atoms with Crippen LogP contribution in [0.2, 0.25) is 0 Å². The molecule has 0 aliphatic carbocycles. The van der Waals surface area contributed by atoms with Gasteiger partial charge in [0, 0.05) is 23.7 Å². The van der Waals surface area contributed by atoms with E-state index in [1.54, 1.807) is 6.07 Å². The maximum atomic E-state index is 11.7. The summed E-state index contributed by atoms with van der Waals surface area (Å²) in [6.45, 7) is 0.609. The highest BCUT2D eigenvalue weighted by molar-refractivity contribution is 5.90. The minimum Gasteiger partial charge on any atom is -0.504 e. The lowest BCUT2D eigenvalue weighted by atomic mass is 10.1. The van der Waals surface area contributed by atoms with E-state index in [0.29, 0.717) is 13.0 Å². The summed E-state index contributed by atoms with van der Waals surface area (Å²) in [6.07, 6.45) is 0.662. The lowest BCUT2D eigenvalue weighted by Gasteiger charge is -2.10. The molecule has 3 rings (SSSR count). The van der Waals surface area contributed by atoms with Crippen LogP contribution in [0.3, 0.4) is 0 Å². The van der Waals surface area contributed by atoms with Gasteiger partial charge >= 0.3 is 0 Å². The molecular formula is C17H16N2O3. The molecule has 22 heavy (non-hydrogen) atoms. The number of anilines is 1. The van der Waals surface area contributed by atoms with Crippen molar-refractivity contribution < 1.29 is 10.2 Å². The molecule has 5 nitrogen and oxygen atoms in total. The number of aromatic hydroxyl groups is 2. The van der Waals surface area contributed by atoms with E-state index in [0.717, 1.165) is 22.2 Å². The first-order chi connectivity index (χ1) is 10.6. The second-order valence-corrected chi connectivity index (χ2v) is 5.09. The fourth-order valence-corrected chi connectivity index (χ4v) is 2.42. The first kappa shape index (κ1) is 14.0. The molecule has 1 heterocycles. The SMILES string of the molecule is O=c1cc(NCCc2ccc(O)c(O)c2)c2ccccc2[nH]1. The molecule has 0 saturated heterocycles. The van der Waals surface area contributed by atoms with Crippen molar-refractivity contribution in [2.75, 3.05) is 11.9 Å². The van der Waals surface area contributed by atoms with Gasteiger partial charge in [0.1, 0.15) is 0 Å². The number of phenols is 2. The van der Waals surface area contributed by atoms with E-state index in [-0.39, 0.29) is 17.1 Å². The quantitative estimate of drug-likeness (QED) is 0.557. The van der Waals surface area contributed by atoms with Crippen molar-refractivity contribution >= 4 is 16.6 Å². The van der Waals surface area contributed by atoms with Crippen LogP contribution in [-0.2, 0) is 6.42 Å². The number of benzene rings is 2. The topological polar surface area (TPSA) is 85.3 Å². The van der Waals surface area contributed by atoms with Crippen LogP contribution in [0.5, 0.6) is 11.5 Å². The number of rotatable bonds is 4. The summed E-state index contributed by atoms with van der Waals surface area (Å²) in [5, 5.41) is 23.0. The number of aromatic amines is 1. The van der Waals surface area contributed by atoms with Gasteiger partial charge in [0.05, 0.1) is 5.52 Å². The van der Waals surface area contributed by atoms with Gasteiger partial charge in [-0.2, -0.15) is 0 Å². The Hall–Kier alpha value is -2.95. The summed E-state index contributed by atoms with van der Waals surface area (Å²) in [5.41, 5.74) is 2.32. The first-order valence-electron chi connectivity index (χ1n) is 7.00. The van der Waals surface area contributed by atoms with Crippen molar-refractivity contribution in [1.29, 1.82) is 0 Å². The number of pyridine rings is 1. The molecule has 0 saturated carbocycles. The van der Waals surface area contributed by atoms with Gasteiger partial charge in [-0.3, -0.25) is 4.79 Å². The third-order valence-electron chi connectivity index (χ3n) is 3.52.